The van der Waals surface area contributed by atoms with Crippen LogP contribution in [0.1, 0.15) is 33.6 Å². The highest BCUT2D eigenvalue weighted by molar-refractivity contribution is 6.99. The van der Waals surface area contributed by atoms with Gasteiger partial charge in [-0.05, 0) is 21.3 Å². The molecule has 156 valence electrons. The number of alkyl halides is 1. The van der Waals surface area contributed by atoms with Gasteiger partial charge in [0.1, 0.15) is 6.17 Å². The molecule has 0 aromatic heterocycles. The van der Waals surface area contributed by atoms with Gasteiger partial charge in [-0.3, -0.25) is 0 Å². The number of ether oxygens (including phenoxy) is 1. The van der Waals surface area contributed by atoms with Gasteiger partial charge in [-0.25, -0.2) is 4.39 Å². The molecule has 0 radical (unpaired) electrons. The smallest absolute Gasteiger partial charge is 0.261 e. The third kappa shape index (κ3) is 3.70. The maximum absolute atomic E-state index is 14.9. The lowest BCUT2D eigenvalue weighted by molar-refractivity contribution is -0.0930. The zero-order valence-corrected chi connectivity index (χ0v) is 18.4. The minimum absolute atomic E-state index is 0.0261. The van der Waals surface area contributed by atoms with E-state index in [0.717, 1.165) is 0 Å². The first kappa shape index (κ1) is 20.7. The van der Waals surface area contributed by atoms with Gasteiger partial charge >= 0.3 is 0 Å². The minimum Gasteiger partial charge on any atom is -0.407 e. The number of fused-ring (bicyclic) bond motifs is 1. The number of halogens is 1. The van der Waals surface area contributed by atoms with Crippen LogP contribution in [0.5, 0.6) is 0 Å². The molecule has 5 atom stereocenters. The summed E-state index contributed by atoms with van der Waals surface area (Å²) in [7, 11) is -2.68. The molecule has 0 amide bonds. The molecule has 2 aromatic rings. The van der Waals surface area contributed by atoms with E-state index in [2.05, 4.69) is 69.3 Å². The standard InChI is InChI=1S/C24H31FO3Si/c1-24(2,3)29(17-10-6-4-7-11-17,18-12-8-5-9-13-18)27-16-20-19-14-23(26)28-22(19)15-21(20)25/h4-13,19-23,26H,14-16H2,1-3H3/t19-,20+,21+,22+,23?/m1/s1. The maximum atomic E-state index is 14.9. The molecule has 0 bridgehead atoms. The lowest BCUT2D eigenvalue weighted by Crippen LogP contribution is -2.67. The molecule has 2 fully saturated rings. The third-order valence-electron chi connectivity index (χ3n) is 6.66. The summed E-state index contributed by atoms with van der Waals surface area (Å²) < 4.78 is 27.3. The topological polar surface area (TPSA) is 38.7 Å². The van der Waals surface area contributed by atoms with Crippen molar-refractivity contribution in [3.05, 3.63) is 60.7 Å². The molecule has 5 heteroatoms. The Morgan fingerprint density at radius 2 is 1.55 bits per heavy atom. The number of rotatable bonds is 5. The fourth-order valence-electron chi connectivity index (χ4n) is 5.30. The van der Waals surface area contributed by atoms with E-state index in [1.54, 1.807) is 0 Å². The van der Waals surface area contributed by atoms with Crippen molar-refractivity contribution >= 4 is 18.7 Å². The summed E-state index contributed by atoms with van der Waals surface area (Å²) >= 11 is 0. The second kappa shape index (κ2) is 7.95. The fraction of sp³-hybridized carbons (Fsp3) is 0.500. The van der Waals surface area contributed by atoms with Crippen molar-refractivity contribution in [3.8, 4) is 0 Å². The van der Waals surface area contributed by atoms with Gasteiger partial charge in [-0.15, -0.1) is 0 Å². The number of hydrogen-bond acceptors (Lipinski definition) is 3. The van der Waals surface area contributed by atoms with E-state index < -0.39 is 20.8 Å². The van der Waals surface area contributed by atoms with Crippen LogP contribution in [0.3, 0.4) is 0 Å². The van der Waals surface area contributed by atoms with Crippen LogP contribution < -0.4 is 10.4 Å². The van der Waals surface area contributed by atoms with Gasteiger partial charge < -0.3 is 14.3 Å². The van der Waals surface area contributed by atoms with Gasteiger partial charge in [0.2, 0.25) is 0 Å². The van der Waals surface area contributed by atoms with Crippen LogP contribution in [-0.4, -0.2) is 38.6 Å². The van der Waals surface area contributed by atoms with E-state index in [9.17, 15) is 9.50 Å². The summed E-state index contributed by atoms with van der Waals surface area (Å²) in [5.41, 5.74) is 0. The quantitative estimate of drug-likeness (QED) is 0.759. The summed E-state index contributed by atoms with van der Waals surface area (Å²) in [6.45, 7) is 7.04. The molecule has 1 N–H and O–H groups in total. The molecular formula is C24H31FO3Si. The highest BCUT2D eigenvalue weighted by atomic mass is 28.4. The highest BCUT2D eigenvalue weighted by Crippen LogP contribution is 2.45. The predicted octanol–water partition coefficient (Wildman–Crippen LogP) is 3.64. The van der Waals surface area contributed by atoms with Crippen LogP contribution in [0.2, 0.25) is 5.04 Å². The fourth-order valence-corrected chi connectivity index (χ4v) is 9.90. The van der Waals surface area contributed by atoms with Gasteiger partial charge in [-0.2, -0.15) is 0 Å². The Morgan fingerprint density at radius 3 is 2.07 bits per heavy atom. The summed E-state index contributed by atoms with van der Waals surface area (Å²) in [6, 6.07) is 20.9. The highest BCUT2D eigenvalue weighted by Gasteiger charge is 2.54. The molecule has 29 heavy (non-hydrogen) atoms. The molecule has 1 aliphatic carbocycles. The largest absolute Gasteiger partial charge is 0.407 e. The number of benzene rings is 2. The van der Waals surface area contributed by atoms with E-state index in [0.29, 0.717) is 19.4 Å². The minimum atomic E-state index is -2.68. The summed E-state index contributed by atoms with van der Waals surface area (Å²) in [4.78, 5) is 0. The van der Waals surface area contributed by atoms with Crippen LogP contribution >= 0.6 is 0 Å². The van der Waals surface area contributed by atoms with E-state index in [1.807, 2.05) is 12.1 Å². The van der Waals surface area contributed by atoms with E-state index in [1.165, 1.54) is 10.4 Å². The van der Waals surface area contributed by atoms with Gasteiger partial charge in [0, 0.05) is 25.4 Å². The Kier molecular flexibility index (Phi) is 5.68. The van der Waals surface area contributed by atoms with Crippen molar-refractivity contribution in [2.45, 2.75) is 57.2 Å². The van der Waals surface area contributed by atoms with Gasteiger partial charge in [0.25, 0.3) is 8.32 Å². The summed E-state index contributed by atoms with van der Waals surface area (Å²) in [6.07, 6.45) is -1.05. The Bertz CT molecular complexity index is 768. The average Bonchev–Trinajstić information content (AvgIpc) is 3.18. The first-order valence-electron chi connectivity index (χ1n) is 10.6. The number of hydrogen-bond donors (Lipinski definition) is 1. The molecule has 2 aromatic carbocycles. The monoisotopic (exact) mass is 414 g/mol. The van der Waals surface area contributed by atoms with Crippen LogP contribution in [0.25, 0.3) is 0 Å². The van der Waals surface area contributed by atoms with Crippen molar-refractivity contribution in [3.63, 3.8) is 0 Å². The van der Waals surface area contributed by atoms with E-state index >= 15 is 0 Å². The van der Waals surface area contributed by atoms with Gasteiger partial charge in [0.15, 0.2) is 6.29 Å². The van der Waals surface area contributed by atoms with Crippen molar-refractivity contribution in [2.75, 3.05) is 6.61 Å². The third-order valence-corrected chi connectivity index (χ3v) is 11.7. The molecule has 1 saturated carbocycles. The molecule has 2 aliphatic rings. The molecular weight excluding hydrogens is 383 g/mol. The van der Waals surface area contributed by atoms with Crippen LogP contribution in [0.15, 0.2) is 60.7 Å². The summed E-state index contributed by atoms with van der Waals surface area (Å²) in [5, 5.41) is 12.1. The first-order chi connectivity index (χ1) is 13.8. The first-order valence-corrected chi connectivity index (χ1v) is 12.5. The second-order valence-electron chi connectivity index (χ2n) is 9.42. The molecule has 1 unspecified atom stereocenters. The number of aliphatic hydroxyl groups is 1. The predicted molar refractivity (Wildman–Crippen MR) is 116 cm³/mol. The lowest BCUT2D eigenvalue weighted by Gasteiger charge is -2.44. The van der Waals surface area contributed by atoms with Crippen molar-refractivity contribution < 1.29 is 18.7 Å². The molecule has 0 spiro atoms. The van der Waals surface area contributed by atoms with Crippen molar-refractivity contribution in [1.82, 2.24) is 0 Å². The normalized spacial score (nSPS) is 29.8. The second-order valence-corrected chi connectivity index (χ2v) is 13.7. The Balaban J connectivity index is 1.71. The van der Waals surface area contributed by atoms with Crippen molar-refractivity contribution in [1.29, 1.82) is 0 Å². The Morgan fingerprint density at radius 1 is 1.00 bits per heavy atom. The van der Waals surface area contributed by atoms with Crippen LogP contribution in [0.4, 0.5) is 4.39 Å². The molecule has 1 saturated heterocycles. The number of aliphatic hydroxyl groups excluding tert-OH is 1. The molecule has 1 aliphatic heterocycles. The van der Waals surface area contributed by atoms with Crippen LogP contribution in [-0.2, 0) is 9.16 Å². The van der Waals surface area contributed by atoms with E-state index in [-0.39, 0.29) is 23.0 Å². The van der Waals surface area contributed by atoms with Gasteiger partial charge in [-0.1, -0.05) is 81.4 Å². The Hall–Kier alpha value is -1.53. The van der Waals surface area contributed by atoms with Gasteiger partial charge in [0.05, 0.1) is 6.10 Å². The zero-order chi connectivity index (χ0) is 20.6. The molecule has 3 nitrogen and oxygen atoms in total. The lowest BCUT2D eigenvalue weighted by atomic mass is 9.93. The molecule has 1 heterocycles. The zero-order valence-electron chi connectivity index (χ0n) is 17.4. The van der Waals surface area contributed by atoms with E-state index in [4.69, 9.17) is 9.16 Å². The summed E-state index contributed by atoms with van der Waals surface area (Å²) in [5.74, 6) is -0.211. The SMILES string of the molecule is CC(C)(C)[Si](OC[C@H]1[C@H]2CC(O)O[C@H]2C[C@@H]1F)(c1ccccc1)c1ccccc1. The Labute approximate surface area is 174 Å². The molecule has 4 rings (SSSR count). The average molecular weight is 415 g/mol. The van der Waals surface area contributed by atoms with Crippen LogP contribution in [0, 0.1) is 11.8 Å². The van der Waals surface area contributed by atoms with Crippen molar-refractivity contribution in [2.24, 2.45) is 11.8 Å². The maximum Gasteiger partial charge on any atom is 0.261 e.